The summed E-state index contributed by atoms with van der Waals surface area (Å²) in [4.78, 5) is 38.2. The Hall–Kier alpha value is -3.27. The molecule has 11 heteroatoms. The normalized spacial score (nSPS) is 16.1. The largest absolute Gasteiger partial charge is 0.495 e. The minimum Gasteiger partial charge on any atom is -0.495 e. The van der Waals surface area contributed by atoms with E-state index in [1.165, 1.54) is 12.0 Å². The first-order valence-corrected chi connectivity index (χ1v) is 9.74. The molecule has 1 saturated heterocycles. The maximum atomic E-state index is 12.8. The molecule has 0 aliphatic carbocycles. The number of hydrogen-bond donors (Lipinski definition) is 1. The number of benzene rings is 2. The van der Waals surface area contributed by atoms with Gasteiger partial charge in [0.15, 0.2) is 6.61 Å². The summed E-state index contributed by atoms with van der Waals surface area (Å²) >= 11 is 5.83. The molecule has 2 amide bonds. The molecule has 0 saturated carbocycles. The Balaban J connectivity index is 1.58. The second-order valence-corrected chi connectivity index (χ2v) is 7.33. The number of halogens is 4. The molecule has 1 atom stereocenters. The zero-order chi connectivity index (χ0) is 23.5. The number of hydrogen-bond acceptors (Lipinski definition) is 5. The van der Waals surface area contributed by atoms with Crippen LogP contribution in [-0.2, 0) is 25.3 Å². The molecule has 0 radical (unpaired) electrons. The number of carbonyl (C=O) groups excluding carboxylic acids is 3. The maximum Gasteiger partial charge on any atom is 0.416 e. The fourth-order valence-electron chi connectivity index (χ4n) is 3.19. The molecule has 3 rings (SSSR count). The molecule has 0 bridgehead atoms. The van der Waals surface area contributed by atoms with Crippen LogP contribution < -0.4 is 15.0 Å². The molecule has 1 N–H and O–H groups in total. The highest BCUT2D eigenvalue weighted by molar-refractivity contribution is 6.33. The number of nitrogens with one attached hydrogen (secondary N) is 1. The number of anilines is 2. The molecule has 1 fully saturated rings. The molecule has 1 heterocycles. The molecule has 1 aliphatic heterocycles. The van der Waals surface area contributed by atoms with Crippen LogP contribution in [0, 0.1) is 5.92 Å². The van der Waals surface area contributed by atoms with E-state index in [9.17, 15) is 27.6 Å². The van der Waals surface area contributed by atoms with Gasteiger partial charge in [-0.2, -0.15) is 13.2 Å². The minimum atomic E-state index is -4.61. The van der Waals surface area contributed by atoms with E-state index >= 15 is 0 Å². The molecular formula is C21H18ClF3N2O5. The van der Waals surface area contributed by atoms with E-state index in [2.05, 4.69) is 5.32 Å². The van der Waals surface area contributed by atoms with E-state index < -0.39 is 36.1 Å². The quantitative estimate of drug-likeness (QED) is 0.647. The molecule has 0 aromatic heterocycles. The van der Waals surface area contributed by atoms with Crippen molar-refractivity contribution in [2.24, 2.45) is 5.92 Å². The van der Waals surface area contributed by atoms with E-state index in [1.54, 1.807) is 24.3 Å². The SMILES string of the molecule is COc1ccccc1N1C[C@H](C(=O)OCC(=O)Nc2cc(C(F)(F)F)ccc2Cl)CC1=O. The van der Waals surface area contributed by atoms with Crippen LogP contribution >= 0.6 is 11.6 Å². The monoisotopic (exact) mass is 470 g/mol. The van der Waals surface area contributed by atoms with Crippen LogP contribution in [0.1, 0.15) is 12.0 Å². The van der Waals surface area contributed by atoms with Crippen molar-refractivity contribution in [1.29, 1.82) is 0 Å². The standard InChI is InChI=1S/C21H18ClF3N2O5/c1-31-17-5-3-2-4-16(17)27-10-12(8-19(27)29)20(30)32-11-18(28)26-15-9-13(21(23,24)25)6-7-14(15)22/h2-7,9,12H,8,10-11H2,1H3,(H,26,28)/t12-/m1/s1. The second-order valence-electron chi connectivity index (χ2n) is 6.93. The lowest BCUT2D eigenvalue weighted by molar-refractivity contribution is -0.151. The third-order valence-electron chi connectivity index (χ3n) is 4.75. The van der Waals surface area contributed by atoms with Crippen molar-refractivity contribution >= 4 is 40.8 Å². The highest BCUT2D eigenvalue weighted by Gasteiger charge is 2.37. The molecule has 0 spiro atoms. The first-order chi connectivity index (χ1) is 15.1. The second kappa shape index (κ2) is 9.47. The maximum absolute atomic E-state index is 12.8. The summed E-state index contributed by atoms with van der Waals surface area (Å²) in [6.07, 6.45) is -4.73. The lowest BCUT2D eigenvalue weighted by atomic mass is 10.1. The van der Waals surface area contributed by atoms with E-state index in [-0.39, 0.29) is 29.6 Å². The van der Waals surface area contributed by atoms with Gasteiger partial charge in [0.05, 0.1) is 35.0 Å². The number of amides is 2. The Morgan fingerprint density at radius 1 is 1.22 bits per heavy atom. The zero-order valence-electron chi connectivity index (χ0n) is 16.7. The van der Waals surface area contributed by atoms with Crippen LogP contribution in [0.15, 0.2) is 42.5 Å². The van der Waals surface area contributed by atoms with Crippen LogP contribution in [-0.4, -0.2) is 38.0 Å². The Labute approximate surface area is 186 Å². The summed E-state index contributed by atoms with van der Waals surface area (Å²) in [5.41, 5.74) is -0.747. The van der Waals surface area contributed by atoms with Gasteiger partial charge < -0.3 is 19.7 Å². The molecular weight excluding hydrogens is 453 g/mol. The Morgan fingerprint density at radius 2 is 1.94 bits per heavy atom. The van der Waals surface area contributed by atoms with Crippen molar-refractivity contribution in [3.8, 4) is 5.75 Å². The van der Waals surface area contributed by atoms with E-state index in [1.807, 2.05) is 0 Å². The minimum absolute atomic E-state index is 0.0408. The van der Waals surface area contributed by atoms with Gasteiger partial charge in [0.2, 0.25) is 5.91 Å². The molecule has 7 nitrogen and oxygen atoms in total. The van der Waals surface area contributed by atoms with E-state index in [0.29, 0.717) is 17.5 Å². The van der Waals surface area contributed by atoms with Gasteiger partial charge in [-0.15, -0.1) is 0 Å². The fraction of sp³-hybridized carbons (Fsp3) is 0.286. The number of methoxy groups -OCH3 is 1. The van der Waals surface area contributed by atoms with Crippen LogP contribution in [0.2, 0.25) is 5.02 Å². The fourth-order valence-corrected chi connectivity index (χ4v) is 3.35. The predicted molar refractivity (Wildman–Crippen MR) is 109 cm³/mol. The summed E-state index contributed by atoms with van der Waals surface area (Å²) < 4.78 is 48.7. The summed E-state index contributed by atoms with van der Waals surface area (Å²) in [7, 11) is 1.46. The van der Waals surface area contributed by atoms with Gasteiger partial charge in [-0.25, -0.2) is 0 Å². The van der Waals surface area contributed by atoms with Crippen molar-refractivity contribution in [3.05, 3.63) is 53.1 Å². The molecule has 1 aliphatic rings. The Morgan fingerprint density at radius 3 is 2.62 bits per heavy atom. The van der Waals surface area contributed by atoms with Crippen LogP contribution in [0.25, 0.3) is 0 Å². The van der Waals surface area contributed by atoms with Gasteiger partial charge >= 0.3 is 12.1 Å². The number of carbonyl (C=O) groups is 3. The van der Waals surface area contributed by atoms with Gasteiger partial charge in [0.25, 0.3) is 5.91 Å². The van der Waals surface area contributed by atoms with E-state index in [0.717, 1.165) is 12.1 Å². The van der Waals surface area contributed by atoms with Crippen molar-refractivity contribution in [2.45, 2.75) is 12.6 Å². The third kappa shape index (κ3) is 5.31. The van der Waals surface area contributed by atoms with Gasteiger partial charge in [-0.05, 0) is 30.3 Å². The summed E-state index contributed by atoms with van der Waals surface area (Å²) in [6.45, 7) is -0.704. The van der Waals surface area contributed by atoms with Crippen molar-refractivity contribution in [2.75, 3.05) is 30.5 Å². The molecule has 32 heavy (non-hydrogen) atoms. The summed E-state index contributed by atoms with van der Waals surface area (Å²) in [5, 5.41) is 2.08. The van der Waals surface area contributed by atoms with Crippen molar-refractivity contribution in [3.63, 3.8) is 0 Å². The Bertz CT molecular complexity index is 1040. The highest BCUT2D eigenvalue weighted by Crippen LogP contribution is 2.34. The molecule has 2 aromatic rings. The predicted octanol–water partition coefficient (Wildman–Crippen LogP) is 3.90. The smallest absolute Gasteiger partial charge is 0.416 e. The summed E-state index contributed by atoms with van der Waals surface area (Å²) in [5.74, 6) is -2.30. The lowest BCUT2D eigenvalue weighted by Gasteiger charge is -2.19. The van der Waals surface area contributed by atoms with Crippen LogP contribution in [0.4, 0.5) is 24.5 Å². The van der Waals surface area contributed by atoms with Gasteiger partial charge in [0, 0.05) is 13.0 Å². The lowest BCUT2D eigenvalue weighted by Crippen LogP contribution is -2.28. The number of nitrogens with zero attached hydrogens (tertiary/aromatic N) is 1. The summed E-state index contributed by atoms with van der Waals surface area (Å²) in [6, 6.07) is 9.28. The van der Waals surface area contributed by atoms with Crippen molar-refractivity contribution in [1.82, 2.24) is 0 Å². The molecule has 0 unspecified atom stereocenters. The van der Waals surface area contributed by atoms with Crippen LogP contribution in [0.5, 0.6) is 5.75 Å². The third-order valence-corrected chi connectivity index (χ3v) is 5.08. The molecule has 2 aromatic carbocycles. The average molecular weight is 471 g/mol. The zero-order valence-corrected chi connectivity index (χ0v) is 17.5. The number of ether oxygens (including phenoxy) is 2. The van der Waals surface area contributed by atoms with E-state index in [4.69, 9.17) is 21.1 Å². The van der Waals surface area contributed by atoms with Gasteiger partial charge in [0.1, 0.15) is 5.75 Å². The molecule has 170 valence electrons. The highest BCUT2D eigenvalue weighted by atomic mass is 35.5. The first-order valence-electron chi connectivity index (χ1n) is 9.36. The number of alkyl halides is 3. The number of esters is 1. The topological polar surface area (TPSA) is 84.9 Å². The average Bonchev–Trinajstić information content (AvgIpc) is 3.14. The number of rotatable bonds is 6. The van der Waals surface area contributed by atoms with Crippen LogP contribution in [0.3, 0.4) is 0 Å². The first kappa shape index (κ1) is 23.4. The van der Waals surface area contributed by atoms with Gasteiger partial charge in [-0.1, -0.05) is 23.7 Å². The number of para-hydroxylation sites is 2. The van der Waals surface area contributed by atoms with Gasteiger partial charge in [-0.3, -0.25) is 14.4 Å². The van der Waals surface area contributed by atoms with Crippen molar-refractivity contribution < 1.29 is 37.0 Å². The Kier molecular flexibility index (Phi) is 6.93.